The minimum Gasteiger partial charge on any atom is -0.432 e. The van der Waals surface area contributed by atoms with Crippen molar-refractivity contribution < 1.29 is 121 Å². The van der Waals surface area contributed by atoms with E-state index in [0.29, 0.717) is 0 Å². The number of benzene rings is 5. The van der Waals surface area contributed by atoms with Crippen LogP contribution in [-0.4, -0.2) is 93.7 Å². The zero-order valence-electron chi connectivity index (χ0n) is 50.5. The Morgan fingerprint density at radius 3 is 0.678 bits per heavy atom. The molecule has 0 saturated heterocycles. The van der Waals surface area contributed by atoms with Crippen LogP contribution in [0.1, 0.15) is 159 Å². The first kappa shape index (κ1) is 70.6. The van der Waals surface area contributed by atoms with Gasteiger partial charge in [-0.3, -0.25) is 0 Å². The van der Waals surface area contributed by atoms with E-state index in [9.17, 15) is 47.9 Å². The van der Waals surface area contributed by atoms with Gasteiger partial charge < -0.3 is 23.7 Å². The van der Waals surface area contributed by atoms with Crippen molar-refractivity contribution in [3.63, 3.8) is 0 Å². The van der Waals surface area contributed by atoms with E-state index in [2.05, 4.69) is 19.6 Å². The van der Waals surface area contributed by atoms with Crippen molar-refractivity contribution in [2.24, 2.45) is 17.8 Å². The molecule has 0 heterocycles. The summed E-state index contributed by atoms with van der Waals surface area (Å²) in [6, 6.07) is 31.4. The molecule has 0 spiro atoms. The van der Waals surface area contributed by atoms with Gasteiger partial charge >= 0.3 is 60.6 Å². The maximum atomic E-state index is 13.3. The largest absolute Gasteiger partial charge is 0.549 e. The first-order valence-electron chi connectivity index (χ1n) is 29.2. The Balaban J connectivity index is 1.41. The number of aryl methyl sites for hydroxylation is 5. The summed E-state index contributed by atoms with van der Waals surface area (Å²) in [5.41, 5.74) is 4.77. The number of ether oxygens (including phenoxy) is 5. The molecule has 5 aromatic rings. The summed E-state index contributed by atoms with van der Waals surface area (Å²) in [5, 5.41) is 0. The van der Waals surface area contributed by atoms with E-state index in [4.69, 9.17) is 53.0 Å². The predicted molar refractivity (Wildman–Crippen MR) is 311 cm³/mol. The van der Waals surface area contributed by atoms with Crippen LogP contribution in [0.4, 0.5) is 24.0 Å². The highest BCUT2D eigenvalue weighted by Gasteiger charge is 2.35. The van der Waals surface area contributed by atoms with E-state index in [0.717, 1.165) is 92.0 Å². The topological polar surface area (TPSA) is 309 Å². The van der Waals surface area contributed by atoms with Crippen molar-refractivity contribution in [3.8, 4) is 0 Å². The van der Waals surface area contributed by atoms with E-state index in [1.165, 1.54) is 60.7 Å². The number of carbonyl (C=O) groups excluding carboxylic acids is 10. The maximum Gasteiger partial charge on any atom is 0.549 e. The van der Waals surface area contributed by atoms with Crippen LogP contribution < -0.4 is 0 Å². The van der Waals surface area contributed by atoms with Crippen molar-refractivity contribution in [1.29, 1.82) is 0 Å². The Labute approximate surface area is 518 Å². The summed E-state index contributed by atoms with van der Waals surface area (Å²) in [6.07, 6.45) is -0.865. The molecule has 0 saturated carbocycles. The van der Waals surface area contributed by atoms with Gasteiger partial charge in [0, 0.05) is 17.8 Å². The zero-order chi connectivity index (χ0) is 65.0. The Morgan fingerprint density at radius 2 is 0.467 bits per heavy atom. The number of rotatable bonds is 29. The normalized spacial score (nSPS) is 11.6. The molecule has 5 aromatic carbocycles. The molecule has 482 valence electrons. The van der Waals surface area contributed by atoms with E-state index in [1.54, 1.807) is 60.7 Å². The molecule has 25 nitrogen and oxygen atoms in total. The lowest BCUT2D eigenvalue weighted by Crippen LogP contribution is -2.37. The third-order valence-electron chi connectivity index (χ3n) is 13.4. The lowest BCUT2D eigenvalue weighted by Gasteiger charge is -2.32. The van der Waals surface area contributed by atoms with Gasteiger partial charge in [-0.05, 0) is 133 Å². The van der Waals surface area contributed by atoms with E-state index in [1.807, 2.05) is 34.6 Å². The fraction of sp³-hybridized carbons (Fsp3) is 0.385. The van der Waals surface area contributed by atoms with Gasteiger partial charge in [-0.15, -0.1) is 0 Å². The first-order chi connectivity index (χ1) is 43.5. The number of hydrogen-bond acceptors (Lipinski definition) is 25. The van der Waals surface area contributed by atoms with Crippen LogP contribution in [0, 0.1) is 17.8 Å². The number of hydrogen-bond donors (Lipinski definition) is 0. The smallest absolute Gasteiger partial charge is 0.432 e. The summed E-state index contributed by atoms with van der Waals surface area (Å²) in [5.74, 6) is -9.34. The molecule has 2 unspecified atom stereocenters. The molecular weight excluding hydrogens is 1180 g/mol. The Bertz CT molecular complexity index is 2940. The molecular formula is C65H72O25. The minimum atomic E-state index is -1.62. The molecule has 0 aliphatic rings. The molecule has 5 rings (SSSR count). The van der Waals surface area contributed by atoms with Gasteiger partial charge in [0.15, 0.2) is 0 Å². The van der Waals surface area contributed by atoms with Crippen LogP contribution in [-0.2, 0) is 105 Å². The molecule has 0 aliphatic heterocycles. The van der Waals surface area contributed by atoms with Crippen molar-refractivity contribution >= 4 is 60.6 Å². The van der Waals surface area contributed by atoms with Crippen LogP contribution in [0.3, 0.4) is 0 Å². The van der Waals surface area contributed by atoms with Gasteiger partial charge in [0.1, 0.15) is 0 Å². The minimum absolute atomic E-state index is 0.00330. The summed E-state index contributed by atoms with van der Waals surface area (Å²) in [6.45, 7) is 6.05. The first-order valence-corrected chi connectivity index (χ1v) is 29.2. The second-order valence-electron chi connectivity index (χ2n) is 20.1. The van der Waals surface area contributed by atoms with Gasteiger partial charge in [0.2, 0.25) is 0 Å². The van der Waals surface area contributed by atoms with Gasteiger partial charge in [0.05, 0.1) is 60.9 Å². The fourth-order valence-corrected chi connectivity index (χ4v) is 8.80. The molecule has 0 radical (unpaired) electrons. The van der Waals surface area contributed by atoms with Crippen LogP contribution in [0.5, 0.6) is 0 Å². The molecule has 0 N–H and O–H groups in total. The highest BCUT2D eigenvalue weighted by atomic mass is 17.3. The molecule has 0 bridgehead atoms. The van der Waals surface area contributed by atoms with Crippen LogP contribution in [0.2, 0.25) is 0 Å². The van der Waals surface area contributed by atoms with Crippen LogP contribution >= 0.6 is 0 Å². The average molecular weight is 1250 g/mol. The Morgan fingerprint density at radius 1 is 0.267 bits per heavy atom. The third-order valence-corrected chi connectivity index (χ3v) is 13.4. The third kappa shape index (κ3) is 25.3. The quantitative estimate of drug-likeness (QED) is 0.0186. The lowest BCUT2D eigenvalue weighted by atomic mass is 9.79. The maximum absolute atomic E-state index is 13.3. The van der Waals surface area contributed by atoms with E-state index in [-0.39, 0.29) is 27.8 Å². The SMILES string of the molecule is CCCc1ccc(C(=O)OOC(=O)OCCC(COC(=O)OOC(=O)c2ccc(CCC)cc2)C(COC(=O)OOC(=O)c2ccc(CCC)cc2)C(CCOC(=O)OOC(=O)c2ccc(CCC)cc2)COC(=O)OOC(=O)c2ccc(CCC)cc2)cc1. The van der Waals surface area contributed by atoms with Gasteiger partial charge in [-0.1, -0.05) is 127 Å². The summed E-state index contributed by atoms with van der Waals surface area (Å²) < 4.78 is 26.6. The molecule has 90 heavy (non-hydrogen) atoms. The monoisotopic (exact) mass is 1250 g/mol. The van der Waals surface area contributed by atoms with Gasteiger partial charge in [0.25, 0.3) is 0 Å². The molecule has 0 aromatic heterocycles. The van der Waals surface area contributed by atoms with Gasteiger partial charge in [-0.25, -0.2) is 72.8 Å². The van der Waals surface area contributed by atoms with E-state index >= 15 is 0 Å². The van der Waals surface area contributed by atoms with Crippen molar-refractivity contribution in [1.82, 2.24) is 0 Å². The van der Waals surface area contributed by atoms with Crippen LogP contribution in [0.25, 0.3) is 0 Å². The van der Waals surface area contributed by atoms with Crippen LogP contribution in [0.15, 0.2) is 121 Å². The molecule has 0 fully saturated rings. The summed E-state index contributed by atoms with van der Waals surface area (Å²) >= 11 is 0. The molecule has 0 amide bonds. The second-order valence-corrected chi connectivity index (χ2v) is 20.1. The van der Waals surface area contributed by atoms with Crippen molar-refractivity contribution in [2.45, 2.75) is 112 Å². The molecule has 25 heteroatoms. The fourth-order valence-electron chi connectivity index (χ4n) is 8.80. The van der Waals surface area contributed by atoms with Crippen molar-refractivity contribution in [3.05, 3.63) is 177 Å². The Kier molecular flexibility index (Phi) is 30.5. The highest BCUT2D eigenvalue weighted by Crippen LogP contribution is 2.30. The van der Waals surface area contributed by atoms with Crippen molar-refractivity contribution in [2.75, 3.05) is 33.0 Å². The predicted octanol–water partition coefficient (Wildman–Crippen LogP) is 13.0. The highest BCUT2D eigenvalue weighted by molar-refractivity contribution is 5.91. The van der Waals surface area contributed by atoms with Gasteiger partial charge in [-0.2, -0.15) is 24.0 Å². The summed E-state index contributed by atoms with van der Waals surface area (Å²) in [4.78, 5) is 177. The molecule has 0 aliphatic carbocycles. The second kappa shape index (κ2) is 38.9. The lowest BCUT2D eigenvalue weighted by molar-refractivity contribution is -0.210. The average Bonchev–Trinajstić information content (AvgIpc) is 3.34. The number of carbonyl (C=O) groups is 10. The standard InChI is InChI=1S/C65H72O25/c1-6-11-43-16-26-48(27-17-43)56(66)81-86-61(71)76-38-36-53(40-78-63(73)88-83-58(68)50-30-20-45(13-8-3)21-31-50)55(42-80-65(75)90-85-60(70)52-34-24-47(15-10-5)25-35-52)54(41-79-64(74)89-84-59(69)51-32-22-46(14-9-4)23-33-51)37-39-77-62(72)87-82-57(67)49-28-18-44(12-7-2)19-29-49/h16-35,53-55H,6-15,36-42H2,1-5H3. The molecule has 2 atom stereocenters. The van der Waals surface area contributed by atoms with E-state index < -0.39 is 124 Å². The Hall–Kier alpha value is -10.2. The summed E-state index contributed by atoms with van der Waals surface area (Å²) in [7, 11) is 0. The zero-order valence-corrected chi connectivity index (χ0v) is 50.5.